The van der Waals surface area contributed by atoms with Crippen LogP contribution in [0.1, 0.15) is 10.4 Å². The molecule has 0 aliphatic heterocycles. The molecule has 2 aromatic rings. The fraction of sp³-hybridized carbons (Fsp3) is 0.182. The van der Waals surface area contributed by atoms with Gasteiger partial charge < -0.3 is 10.3 Å². The highest BCUT2D eigenvalue weighted by atomic mass is 35.5. The van der Waals surface area contributed by atoms with Crippen LogP contribution in [-0.4, -0.2) is 45.6 Å². The Morgan fingerprint density at radius 1 is 1.58 bits per heavy atom. The summed E-state index contributed by atoms with van der Waals surface area (Å²) >= 11 is 5.99. The van der Waals surface area contributed by atoms with Crippen LogP contribution < -0.4 is 5.32 Å². The number of H-pyrrole nitrogens is 1. The molecule has 0 aliphatic carbocycles. The molecule has 0 spiro atoms. The fourth-order valence-corrected chi connectivity index (χ4v) is 1.86. The van der Waals surface area contributed by atoms with Crippen LogP contribution >= 0.6 is 11.6 Å². The van der Waals surface area contributed by atoms with E-state index < -0.39 is 5.91 Å². The van der Waals surface area contributed by atoms with Crippen molar-refractivity contribution >= 4 is 35.0 Å². The third-order valence-electron chi connectivity index (χ3n) is 2.52. The molecule has 3 N–H and O–H groups in total. The number of benzene rings is 1. The normalized spacial score (nSPS) is 10.4. The number of hydrogen-bond donors (Lipinski definition) is 3. The van der Waals surface area contributed by atoms with Gasteiger partial charge in [-0.2, -0.15) is 0 Å². The predicted octanol–water partition coefficient (Wildman–Crippen LogP) is 0.794. The van der Waals surface area contributed by atoms with Gasteiger partial charge in [-0.15, -0.1) is 0 Å². The number of carbonyl (C=O) groups is 2. The number of amides is 2. The maximum Gasteiger partial charge on any atom is 0.255 e. The number of aromatic nitrogens is 2. The number of fused-ring (bicyclic) bond motifs is 1. The highest BCUT2D eigenvalue weighted by Gasteiger charge is 2.16. The number of rotatable bonds is 5. The van der Waals surface area contributed by atoms with Crippen LogP contribution in [0.3, 0.4) is 0 Å². The first kappa shape index (κ1) is 13.3. The molecule has 100 valence electrons. The van der Waals surface area contributed by atoms with Crippen molar-refractivity contribution in [3.63, 3.8) is 0 Å². The molecule has 8 heteroatoms. The van der Waals surface area contributed by atoms with Gasteiger partial charge in [0.1, 0.15) is 5.52 Å². The van der Waals surface area contributed by atoms with E-state index in [-0.39, 0.29) is 30.1 Å². The molecule has 1 aromatic carbocycles. The lowest BCUT2D eigenvalue weighted by Crippen LogP contribution is -2.32. The number of imidazole rings is 1. The summed E-state index contributed by atoms with van der Waals surface area (Å²) in [6, 6.07) is 3.32. The van der Waals surface area contributed by atoms with Gasteiger partial charge in [-0.05, 0) is 12.1 Å². The first-order valence-electron chi connectivity index (χ1n) is 5.44. The molecule has 7 nitrogen and oxygen atoms in total. The lowest BCUT2D eigenvalue weighted by molar-refractivity contribution is -0.149. The second kappa shape index (κ2) is 5.68. The maximum atomic E-state index is 12.0. The zero-order valence-electron chi connectivity index (χ0n) is 9.76. The van der Waals surface area contributed by atoms with Crippen molar-refractivity contribution in [3.8, 4) is 0 Å². The minimum Gasteiger partial charge on any atom is -0.350 e. The highest BCUT2D eigenvalue weighted by Crippen LogP contribution is 2.23. The minimum atomic E-state index is -0.415. The van der Waals surface area contributed by atoms with E-state index in [9.17, 15) is 9.59 Å². The molecule has 2 amide bonds. The Morgan fingerprint density at radius 3 is 3.11 bits per heavy atom. The minimum absolute atomic E-state index is 0.0105. The third kappa shape index (κ3) is 2.83. The summed E-state index contributed by atoms with van der Waals surface area (Å²) in [7, 11) is 0. The van der Waals surface area contributed by atoms with E-state index >= 15 is 0 Å². The van der Waals surface area contributed by atoms with E-state index in [4.69, 9.17) is 16.8 Å². The molecule has 0 radical (unpaired) electrons. The van der Waals surface area contributed by atoms with Gasteiger partial charge in [-0.1, -0.05) is 11.6 Å². The molecule has 0 saturated heterocycles. The number of carbonyl (C=O) groups excluding carboxylic acids is 2. The molecule has 0 atom stereocenters. The average Bonchev–Trinajstić information content (AvgIpc) is 2.86. The van der Waals surface area contributed by atoms with E-state index in [0.29, 0.717) is 16.1 Å². The van der Waals surface area contributed by atoms with E-state index in [1.54, 1.807) is 12.1 Å². The summed E-state index contributed by atoms with van der Waals surface area (Å²) < 4.78 is 0. The molecule has 0 unspecified atom stereocenters. The second-order valence-electron chi connectivity index (χ2n) is 3.75. The van der Waals surface area contributed by atoms with E-state index in [2.05, 4.69) is 15.3 Å². The van der Waals surface area contributed by atoms with Crippen LogP contribution in [0.2, 0.25) is 5.02 Å². The Hall–Kier alpha value is -2.12. The van der Waals surface area contributed by atoms with Gasteiger partial charge in [0.15, 0.2) is 0 Å². The fourth-order valence-electron chi connectivity index (χ4n) is 1.62. The van der Waals surface area contributed by atoms with Gasteiger partial charge in [-0.3, -0.25) is 14.8 Å². The van der Waals surface area contributed by atoms with Gasteiger partial charge in [0.05, 0.1) is 29.0 Å². The molecule has 1 aromatic heterocycles. The Bertz CT molecular complexity index is 613. The first-order chi connectivity index (χ1) is 9.13. The zero-order valence-corrected chi connectivity index (χ0v) is 10.5. The van der Waals surface area contributed by atoms with Crippen LogP contribution in [0.4, 0.5) is 0 Å². The van der Waals surface area contributed by atoms with E-state index in [1.807, 2.05) is 0 Å². The van der Waals surface area contributed by atoms with Crippen molar-refractivity contribution in [3.05, 3.63) is 29.0 Å². The number of nitrogens with zero attached hydrogens (tertiary/aromatic N) is 2. The van der Waals surface area contributed by atoms with Crippen molar-refractivity contribution in [1.82, 2.24) is 20.3 Å². The summed E-state index contributed by atoms with van der Waals surface area (Å²) in [5.41, 5.74) is 1.43. The van der Waals surface area contributed by atoms with Crippen LogP contribution in [0.5, 0.6) is 0 Å². The van der Waals surface area contributed by atoms with Gasteiger partial charge in [0, 0.05) is 6.54 Å². The molecule has 0 aliphatic rings. The predicted molar refractivity (Wildman–Crippen MR) is 68.0 cm³/mol. The first-order valence-corrected chi connectivity index (χ1v) is 5.82. The van der Waals surface area contributed by atoms with Gasteiger partial charge in [0.2, 0.25) is 6.41 Å². The topological polar surface area (TPSA) is 98.3 Å². The molecule has 0 saturated carbocycles. The van der Waals surface area contributed by atoms with Crippen molar-refractivity contribution < 1.29 is 14.8 Å². The third-order valence-corrected chi connectivity index (χ3v) is 2.83. The van der Waals surface area contributed by atoms with Crippen molar-refractivity contribution in [1.29, 1.82) is 0 Å². The van der Waals surface area contributed by atoms with Gasteiger partial charge >= 0.3 is 0 Å². The number of halogens is 1. The van der Waals surface area contributed by atoms with Crippen LogP contribution in [0.15, 0.2) is 18.5 Å². The Morgan fingerprint density at radius 2 is 2.37 bits per heavy atom. The van der Waals surface area contributed by atoms with E-state index in [1.165, 1.54) is 6.33 Å². The number of aromatic amines is 1. The molecule has 0 fully saturated rings. The van der Waals surface area contributed by atoms with Gasteiger partial charge in [0.25, 0.3) is 5.91 Å². The van der Waals surface area contributed by atoms with Crippen LogP contribution in [-0.2, 0) is 4.79 Å². The number of hydroxylamine groups is 2. The largest absolute Gasteiger partial charge is 0.350 e. The Balaban J connectivity index is 2.14. The van der Waals surface area contributed by atoms with Gasteiger partial charge in [-0.25, -0.2) is 10.0 Å². The smallest absolute Gasteiger partial charge is 0.255 e. The summed E-state index contributed by atoms with van der Waals surface area (Å²) in [6.07, 6.45) is 1.73. The van der Waals surface area contributed by atoms with Crippen molar-refractivity contribution in [2.45, 2.75) is 0 Å². The van der Waals surface area contributed by atoms with Crippen LogP contribution in [0, 0.1) is 0 Å². The standard InChI is InChI=1S/C11H11ClN4O3/c12-7-1-2-8-10(15-5-14-8)9(7)11(18)13-3-4-16(19)6-17/h1-2,5-6,19H,3-4H2,(H,13,18)(H,14,15). The molecule has 1 heterocycles. The Labute approximate surface area is 113 Å². The quantitative estimate of drug-likeness (QED) is 0.429. The van der Waals surface area contributed by atoms with Crippen molar-refractivity contribution in [2.75, 3.05) is 13.1 Å². The Kier molecular flexibility index (Phi) is 3.98. The van der Waals surface area contributed by atoms with Crippen molar-refractivity contribution in [2.24, 2.45) is 0 Å². The van der Waals surface area contributed by atoms with Crippen LogP contribution in [0.25, 0.3) is 11.0 Å². The number of nitrogens with one attached hydrogen (secondary N) is 2. The summed E-state index contributed by atoms with van der Waals surface area (Å²) in [5.74, 6) is -0.415. The SMILES string of the molecule is O=CN(O)CCNC(=O)c1c(Cl)ccc2[nH]cnc12. The highest BCUT2D eigenvalue weighted by molar-refractivity contribution is 6.35. The summed E-state index contributed by atoms with van der Waals surface area (Å²) in [6.45, 7) is 0.0919. The molecule has 19 heavy (non-hydrogen) atoms. The molecule has 0 bridgehead atoms. The summed E-state index contributed by atoms with van der Waals surface area (Å²) in [4.78, 5) is 29.1. The van der Waals surface area contributed by atoms with E-state index in [0.717, 1.165) is 0 Å². The lowest BCUT2D eigenvalue weighted by atomic mass is 10.1. The molecular weight excluding hydrogens is 272 g/mol. The lowest BCUT2D eigenvalue weighted by Gasteiger charge is -2.10. The monoisotopic (exact) mass is 282 g/mol. The number of hydrogen-bond acceptors (Lipinski definition) is 4. The molecular formula is C11H11ClN4O3. The summed E-state index contributed by atoms with van der Waals surface area (Å²) in [5, 5.41) is 12.2. The maximum absolute atomic E-state index is 12.0. The molecule has 2 rings (SSSR count). The average molecular weight is 283 g/mol. The second-order valence-corrected chi connectivity index (χ2v) is 4.15. The zero-order chi connectivity index (χ0) is 13.8.